The molecule has 0 spiro atoms. The van der Waals surface area contributed by atoms with Gasteiger partial charge in [0.2, 0.25) is 5.95 Å². The van der Waals surface area contributed by atoms with Crippen LogP contribution in [-0.4, -0.2) is 36.8 Å². The van der Waals surface area contributed by atoms with Crippen LogP contribution in [0.3, 0.4) is 0 Å². The van der Waals surface area contributed by atoms with Gasteiger partial charge >= 0.3 is 8.25 Å². The Kier molecular flexibility index (Phi) is 5.76. The molecule has 0 aromatic carbocycles. The molecule has 0 bridgehead atoms. The number of nitrogen functional groups attached to an aromatic ring is 1. The molecule has 0 saturated heterocycles. The summed E-state index contributed by atoms with van der Waals surface area (Å²) < 4.78 is 22.6. The monoisotopic (exact) mass is 372 g/mol. The lowest BCUT2D eigenvalue weighted by Crippen LogP contribution is -2.29. The minimum absolute atomic E-state index is 0. The van der Waals surface area contributed by atoms with E-state index in [4.69, 9.17) is 15.4 Å². The number of fused-ring (bicyclic) bond motifs is 1. The van der Waals surface area contributed by atoms with Gasteiger partial charge in [0.1, 0.15) is 0 Å². The Balaban J connectivity index is 0.00000225. The number of hydrogen-bond donors (Lipinski definition) is 4. The van der Waals surface area contributed by atoms with Crippen molar-refractivity contribution in [3.8, 4) is 0 Å². The Morgan fingerprint density at radius 1 is 1.60 bits per heavy atom. The number of rotatable bonds is 6. The lowest BCUT2D eigenvalue weighted by molar-refractivity contribution is -0.0839. The molecular weight excluding hydrogens is 351 g/mol. The molecule has 0 fully saturated rings. The molecule has 0 radical (unpaired) electrons. The van der Waals surface area contributed by atoms with Gasteiger partial charge < -0.3 is 26.1 Å². The second-order valence-corrected chi connectivity index (χ2v) is 6.32. The van der Waals surface area contributed by atoms with E-state index in [1.54, 1.807) is 4.57 Å². The molecule has 12 heteroatoms. The second-order valence-electron chi connectivity index (χ2n) is 5.50. The van der Waals surface area contributed by atoms with E-state index in [0.717, 1.165) is 0 Å². The van der Waals surface area contributed by atoms with E-state index in [1.807, 2.05) is 19.1 Å². The first-order valence-corrected chi connectivity index (χ1v) is 8.62. The standard InChI is InChI=1S/C13H18N5O5P.H3N/c1-2-13(22-7-23-24(20)21)4-3-8(5-13)18-6-15-9-10(18)16-12(14)17-11(9)19;/h3-4,6,8,24H,2,5,7H2,1H3,(H,20,21)(H3,14,16,17,19);1H3/t8-,13+;/m0./s1. The van der Waals surface area contributed by atoms with Gasteiger partial charge in [-0.1, -0.05) is 19.1 Å². The molecule has 3 rings (SSSR count). The van der Waals surface area contributed by atoms with Crippen molar-refractivity contribution >= 4 is 25.4 Å². The summed E-state index contributed by atoms with van der Waals surface area (Å²) in [5.41, 5.74) is 5.21. The molecule has 0 aliphatic heterocycles. The maximum absolute atomic E-state index is 11.9. The van der Waals surface area contributed by atoms with Crippen molar-refractivity contribution in [3.05, 3.63) is 28.8 Å². The van der Waals surface area contributed by atoms with Gasteiger partial charge in [-0.05, 0) is 6.42 Å². The molecule has 2 aromatic heterocycles. The van der Waals surface area contributed by atoms with E-state index in [1.165, 1.54) is 6.33 Å². The maximum atomic E-state index is 11.9. The second kappa shape index (κ2) is 7.46. The Labute approximate surface area is 143 Å². The van der Waals surface area contributed by atoms with Crippen LogP contribution in [0.5, 0.6) is 0 Å². The number of anilines is 1. The number of imidazole rings is 1. The number of H-pyrrole nitrogens is 1. The van der Waals surface area contributed by atoms with Crippen LogP contribution in [0.4, 0.5) is 5.95 Å². The van der Waals surface area contributed by atoms with Crippen LogP contribution >= 0.6 is 8.25 Å². The Morgan fingerprint density at radius 2 is 2.36 bits per heavy atom. The van der Waals surface area contributed by atoms with Gasteiger partial charge in [0.25, 0.3) is 5.56 Å². The van der Waals surface area contributed by atoms with Crippen LogP contribution < -0.4 is 17.4 Å². The van der Waals surface area contributed by atoms with Gasteiger partial charge in [0.15, 0.2) is 18.0 Å². The molecule has 138 valence electrons. The molecule has 2 heterocycles. The van der Waals surface area contributed by atoms with E-state index in [0.29, 0.717) is 18.5 Å². The van der Waals surface area contributed by atoms with Crippen LogP contribution in [-0.2, 0) is 13.8 Å². The van der Waals surface area contributed by atoms with E-state index >= 15 is 0 Å². The zero-order valence-corrected chi connectivity index (χ0v) is 14.6. The summed E-state index contributed by atoms with van der Waals surface area (Å²) in [6, 6.07) is -0.130. The SMILES string of the molecule is CC[C@@]1(OCO[PH](=O)O)C=C[C@H](n2cnc3c(=O)[nH]c(N)nc32)C1.N. The molecule has 1 aliphatic rings. The summed E-state index contributed by atoms with van der Waals surface area (Å²) in [6.45, 7) is 1.68. The molecule has 3 atom stereocenters. The van der Waals surface area contributed by atoms with Gasteiger partial charge in [-0.2, -0.15) is 4.98 Å². The van der Waals surface area contributed by atoms with Crippen molar-refractivity contribution < 1.29 is 18.7 Å². The van der Waals surface area contributed by atoms with Crippen LogP contribution in [0.15, 0.2) is 23.3 Å². The van der Waals surface area contributed by atoms with E-state index in [-0.39, 0.29) is 30.5 Å². The van der Waals surface area contributed by atoms with Crippen LogP contribution in [0, 0.1) is 0 Å². The summed E-state index contributed by atoms with van der Waals surface area (Å²) in [7, 11) is -3.03. The van der Waals surface area contributed by atoms with E-state index in [2.05, 4.69) is 19.5 Å². The average molecular weight is 372 g/mol. The molecule has 11 nitrogen and oxygen atoms in total. The van der Waals surface area contributed by atoms with Gasteiger partial charge in [-0.15, -0.1) is 0 Å². The predicted octanol–water partition coefficient (Wildman–Crippen LogP) is 0.886. The quantitative estimate of drug-likeness (QED) is 0.325. The minimum Gasteiger partial charge on any atom is -0.369 e. The molecule has 1 aliphatic carbocycles. The molecule has 0 amide bonds. The number of ether oxygens (including phenoxy) is 1. The van der Waals surface area contributed by atoms with Gasteiger partial charge in [-0.3, -0.25) is 18.9 Å². The maximum Gasteiger partial charge on any atom is 0.318 e. The summed E-state index contributed by atoms with van der Waals surface area (Å²) in [5, 5.41) is 0. The van der Waals surface area contributed by atoms with Crippen molar-refractivity contribution in [2.24, 2.45) is 0 Å². The first-order chi connectivity index (χ1) is 11.4. The van der Waals surface area contributed by atoms with Gasteiger partial charge in [0, 0.05) is 6.42 Å². The zero-order chi connectivity index (χ0) is 17.3. The summed E-state index contributed by atoms with van der Waals surface area (Å²) in [6.07, 6.45) is 6.55. The molecule has 0 saturated carbocycles. The zero-order valence-electron chi connectivity index (χ0n) is 13.6. The van der Waals surface area contributed by atoms with E-state index in [9.17, 15) is 9.36 Å². The first-order valence-electron chi connectivity index (χ1n) is 7.35. The number of aromatic nitrogens is 4. The van der Waals surface area contributed by atoms with Gasteiger partial charge in [-0.25, -0.2) is 4.98 Å². The predicted molar refractivity (Wildman–Crippen MR) is 91.7 cm³/mol. The third-order valence-corrected chi connectivity index (χ3v) is 4.48. The summed E-state index contributed by atoms with van der Waals surface area (Å²) >= 11 is 0. The van der Waals surface area contributed by atoms with Crippen molar-refractivity contribution in [2.75, 3.05) is 12.5 Å². The Morgan fingerprint density at radius 3 is 3.04 bits per heavy atom. The highest BCUT2D eigenvalue weighted by molar-refractivity contribution is 7.32. The van der Waals surface area contributed by atoms with Crippen molar-refractivity contribution in [3.63, 3.8) is 0 Å². The molecular formula is C13H21N6O5P. The van der Waals surface area contributed by atoms with Crippen LogP contribution in [0.25, 0.3) is 11.2 Å². The van der Waals surface area contributed by atoms with Gasteiger partial charge in [0.05, 0.1) is 18.0 Å². The number of nitrogens with zero attached hydrogens (tertiary/aromatic N) is 3. The highest BCUT2D eigenvalue weighted by atomic mass is 31.1. The highest BCUT2D eigenvalue weighted by Gasteiger charge is 2.35. The fourth-order valence-corrected chi connectivity index (χ4v) is 2.98. The van der Waals surface area contributed by atoms with Crippen LogP contribution in [0.1, 0.15) is 25.8 Å². The normalized spacial score (nSPS) is 23.7. The topological polar surface area (TPSA) is 180 Å². The number of allylic oxidation sites excluding steroid dienone is 1. The fraction of sp³-hybridized carbons (Fsp3) is 0.462. The number of nitrogens with one attached hydrogen (secondary N) is 1. The number of hydrogen-bond acceptors (Lipinski definition) is 8. The average Bonchev–Trinajstić information content (AvgIpc) is 3.11. The first kappa shape index (κ1) is 19.3. The third-order valence-electron chi connectivity index (χ3n) is 4.11. The molecule has 1 unspecified atom stereocenters. The Hall–Kier alpha value is -2.04. The number of aromatic amines is 1. The van der Waals surface area contributed by atoms with E-state index < -0.39 is 19.4 Å². The van der Waals surface area contributed by atoms with Crippen LogP contribution in [0.2, 0.25) is 0 Å². The lowest BCUT2D eigenvalue weighted by Gasteiger charge is -2.27. The van der Waals surface area contributed by atoms with Crippen molar-refractivity contribution in [2.45, 2.75) is 31.4 Å². The molecule has 25 heavy (non-hydrogen) atoms. The molecule has 2 aromatic rings. The highest BCUT2D eigenvalue weighted by Crippen LogP contribution is 2.37. The largest absolute Gasteiger partial charge is 0.369 e. The number of nitrogens with two attached hydrogens (primary N) is 1. The third kappa shape index (κ3) is 3.80. The minimum atomic E-state index is -3.03. The summed E-state index contributed by atoms with van der Waals surface area (Å²) in [4.78, 5) is 31.2. The fourth-order valence-electron chi connectivity index (χ4n) is 2.82. The Bertz CT molecular complexity index is 864. The van der Waals surface area contributed by atoms with Crippen molar-refractivity contribution in [1.29, 1.82) is 0 Å². The summed E-state index contributed by atoms with van der Waals surface area (Å²) in [5.74, 6) is 0.0238. The van der Waals surface area contributed by atoms with Crippen molar-refractivity contribution in [1.82, 2.24) is 25.7 Å². The lowest BCUT2D eigenvalue weighted by atomic mass is 9.99. The molecule has 7 N–H and O–H groups in total. The smallest absolute Gasteiger partial charge is 0.318 e.